The maximum absolute atomic E-state index is 13.1. The number of nitrogens with zero attached hydrogens (tertiary/aromatic N) is 3. The van der Waals surface area contributed by atoms with E-state index in [9.17, 15) is 13.8 Å². The summed E-state index contributed by atoms with van der Waals surface area (Å²) in [6, 6.07) is 17.1. The number of carbonyl (C=O) groups is 2. The van der Waals surface area contributed by atoms with Crippen LogP contribution in [0.15, 0.2) is 72.0 Å². The molecule has 1 aliphatic rings. The van der Waals surface area contributed by atoms with Crippen molar-refractivity contribution in [3.05, 3.63) is 72.6 Å². The highest BCUT2D eigenvalue weighted by Crippen LogP contribution is 2.27. The van der Waals surface area contributed by atoms with Crippen molar-refractivity contribution in [2.24, 2.45) is 0 Å². The zero-order valence-corrected chi connectivity index (χ0v) is 19.5. The highest BCUT2D eigenvalue weighted by Gasteiger charge is 2.24. The maximum atomic E-state index is 13.1. The fraction of sp³-hybridized carbons (Fsp3) is 0.200. The molecule has 2 heterocycles. The molecule has 0 bridgehead atoms. The molecule has 35 heavy (non-hydrogen) atoms. The van der Waals surface area contributed by atoms with Crippen LogP contribution in [0.5, 0.6) is 0 Å². The van der Waals surface area contributed by atoms with Gasteiger partial charge >= 0.3 is 6.09 Å². The molecule has 0 aliphatic heterocycles. The lowest BCUT2D eigenvalue weighted by Crippen LogP contribution is -2.26. The van der Waals surface area contributed by atoms with Crippen LogP contribution in [0.25, 0.3) is 28.2 Å². The van der Waals surface area contributed by atoms with Crippen LogP contribution in [0.1, 0.15) is 23.2 Å². The van der Waals surface area contributed by atoms with Crippen LogP contribution in [0.4, 0.5) is 4.79 Å². The molecule has 1 saturated carbocycles. The van der Waals surface area contributed by atoms with Crippen LogP contribution in [-0.2, 0) is 10.8 Å². The Bertz CT molecular complexity index is 1420. The molecule has 178 valence electrons. The van der Waals surface area contributed by atoms with Gasteiger partial charge in [0.15, 0.2) is 10.7 Å². The molecule has 1 fully saturated rings. The van der Waals surface area contributed by atoms with E-state index in [2.05, 4.69) is 20.6 Å². The lowest BCUT2D eigenvalue weighted by Gasteiger charge is -2.10. The van der Waals surface area contributed by atoms with Gasteiger partial charge in [-0.15, -0.1) is 0 Å². The van der Waals surface area contributed by atoms with Crippen molar-refractivity contribution in [2.75, 3.05) is 12.3 Å². The summed E-state index contributed by atoms with van der Waals surface area (Å²) >= 11 is 0. The van der Waals surface area contributed by atoms with Crippen molar-refractivity contribution in [1.82, 2.24) is 25.0 Å². The molecule has 2 aromatic carbocycles. The summed E-state index contributed by atoms with van der Waals surface area (Å²) in [5.74, 6) is -0.0133. The molecule has 2 aromatic heterocycles. The van der Waals surface area contributed by atoms with Crippen molar-refractivity contribution in [1.29, 1.82) is 0 Å². The summed E-state index contributed by atoms with van der Waals surface area (Å²) in [6.45, 7) is 0.0310. The second kappa shape index (κ2) is 9.67. The number of amides is 2. The van der Waals surface area contributed by atoms with E-state index in [-0.39, 0.29) is 29.3 Å². The average Bonchev–Trinajstić information content (AvgIpc) is 3.58. The fourth-order valence-electron chi connectivity index (χ4n) is 3.71. The van der Waals surface area contributed by atoms with Gasteiger partial charge in [0.25, 0.3) is 5.91 Å². The second-order valence-corrected chi connectivity index (χ2v) is 9.73. The predicted molar refractivity (Wildman–Crippen MR) is 132 cm³/mol. The van der Waals surface area contributed by atoms with Gasteiger partial charge < -0.3 is 15.7 Å². The van der Waals surface area contributed by atoms with Crippen LogP contribution in [0.3, 0.4) is 0 Å². The van der Waals surface area contributed by atoms with Crippen molar-refractivity contribution < 1.29 is 18.9 Å². The topological polar surface area (TPSA) is 126 Å². The van der Waals surface area contributed by atoms with E-state index in [1.54, 1.807) is 18.3 Å². The van der Waals surface area contributed by atoms with Gasteiger partial charge in [0, 0.05) is 41.2 Å². The van der Waals surface area contributed by atoms with Crippen LogP contribution in [0, 0.1) is 0 Å². The molecule has 1 atom stereocenters. The Balaban J connectivity index is 1.53. The molecule has 3 N–H and O–H groups in total. The number of carbonyl (C=O) groups excluding carboxylic acids is 1. The Morgan fingerprint density at radius 3 is 2.49 bits per heavy atom. The smallest absolute Gasteiger partial charge is 0.404 e. The third-order valence-electron chi connectivity index (χ3n) is 5.67. The molecule has 0 spiro atoms. The van der Waals surface area contributed by atoms with E-state index in [4.69, 9.17) is 5.11 Å². The minimum atomic E-state index is -1.58. The molecule has 2 amide bonds. The van der Waals surface area contributed by atoms with E-state index in [0.717, 1.165) is 29.7 Å². The van der Waals surface area contributed by atoms with Gasteiger partial charge in [0.1, 0.15) is 0 Å². The number of imidazole rings is 1. The fourth-order valence-corrected chi connectivity index (χ4v) is 4.75. The summed E-state index contributed by atoms with van der Waals surface area (Å²) in [4.78, 5) is 32.3. The number of carboxylic acid groups (broad SMARTS) is 1. The number of rotatable bonds is 8. The van der Waals surface area contributed by atoms with E-state index < -0.39 is 16.9 Å². The average molecular weight is 490 g/mol. The van der Waals surface area contributed by atoms with Crippen molar-refractivity contribution >= 4 is 28.4 Å². The third-order valence-corrected chi connectivity index (χ3v) is 6.95. The zero-order valence-electron chi connectivity index (χ0n) is 18.7. The van der Waals surface area contributed by atoms with Gasteiger partial charge in [-0.2, -0.15) is 0 Å². The van der Waals surface area contributed by atoms with Gasteiger partial charge in [0.05, 0.1) is 28.4 Å². The minimum Gasteiger partial charge on any atom is -0.465 e. The first-order valence-corrected chi connectivity index (χ1v) is 12.5. The lowest BCUT2D eigenvalue weighted by molar-refractivity contribution is 0.0951. The van der Waals surface area contributed by atoms with Crippen molar-refractivity contribution in [2.45, 2.75) is 23.9 Å². The van der Waals surface area contributed by atoms with Crippen LogP contribution in [0.2, 0.25) is 0 Å². The normalized spacial score (nSPS) is 13.9. The first kappa shape index (κ1) is 22.7. The third kappa shape index (κ3) is 5.07. The summed E-state index contributed by atoms with van der Waals surface area (Å²) in [5, 5.41) is 14.3. The number of fused-ring (bicyclic) bond motifs is 1. The summed E-state index contributed by atoms with van der Waals surface area (Å²) in [5.41, 5.74) is 4.10. The van der Waals surface area contributed by atoms with Crippen molar-refractivity contribution in [3.8, 4) is 22.5 Å². The Kier molecular flexibility index (Phi) is 6.28. The number of aromatic nitrogens is 3. The lowest BCUT2D eigenvalue weighted by atomic mass is 10.1. The molecule has 5 rings (SSSR count). The molecule has 10 heteroatoms. The van der Waals surface area contributed by atoms with Crippen LogP contribution < -0.4 is 10.6 Å². The molecule has 4 aromatic rings. The van der Waals surface area contributed by atoms with Crippen LogP contribution in [-0.4, -0.2) is 54.0 Å². The molecule has 1 unspecified atom stereocenters. The SMILES string of the molecule is O=C(O)NCCS(=O)c1nc(-c2ccccc2)cn2c(-c3ccc(C(=O)NC4CC4)cc3)cnc12. The van der Waals surface area contributed by atoms with Gasteiger partial charge in [-0.1, -0.05) is 42.5 Å². The summed E-state index contributed by atoms with van der Waals surface area (Å²) in [7, 11) is -1.58. The Labute approximate surface area is 203 Å². The minimum absolute atomic E-state index is 0.0310. The largest absolute Gasteiger partial charge is 0.465 e. The van der Waals surface area contributed by atoms with Gasteiger partial charge in [-0.3, -0.25) is 13.4 Å². The predicted octanol–water partition coefficient (Wildman–Crippen LogP) is 3.33. The van der Waals surface area contributed by atoms with E-state index in [0.29, 0.717) is 16.9 Å². The Hall–Kier alpha value is -4.05. The summed E-state index contributed by atoms with van der Waals surface area (Å²) in [6.07, 6.45) is 4.41. The van der Waals surface area contributed by atoms with Crippen LogP contribution >= 0.6 is 0 Å². The highest BCUT2D eigenvalue weighted by molar-refractivity contribution is 7.85. The molecular weight excluding hydrogens is 466 g/mol. The quantitative estimate of drug-likeness (QED) is 0.349. The van der Waals surface area contributed by atoms with Gasteiger partial charge in [-0.25, -0.2) is 14.8 Å². The standard InChI is InChI=1S/C25H23N5O4S/c31-23(28-19-10-11-19)18-8-6-17(7-9-18)21-14-27-22-24(35(34)13-12-26-25(32)33)29-20(15-30(21)22)16-4-2-1-3-5-16/h1-9,14-15,19,26H,10-13H2,(H,28,31)(H,32,33). The van der Waals surface area contributed by atoms with E-state index in [1.165, 1.54) is 0 Å². The van der Waals surface area contributed by atoms with E-state index >= 15 is 0 Å². The monoisotopic (exact) mass is 489 g/mol. The number of hydrogen-bond donors (Lipinski definition) is 3. The van der Waals surface area contributed by atoms with Gasteiger partial charge in [0.2, 0.25) is 0 Å². The Morgan fingerprint density at radius 2 is 1.80 bits per heavy atom. The van der Waals surface area contributed by atoms with Gasteiger partial charge in [-0.05, 0) is 25.0 Å². The highest BCUT2D eigenvalue weighted by atomic mass is 32.2. The first-order valence-electron chi connectivity index (χ1n) is 11.2. The van der Waals surface area contributed by atoms with E-state index in [1.807, 2.05) is 53.1 Å². The number of nitrogens with one attached hydrogen (secondary N) is 2. The Morgan fingerprint density at radius 1 is 1.06 bits per heavy atom. The maximum Gasteiger partial charge on any atom is 0.404 e. The molecular formula is C25H23N5O4S. The molecule has 0 saturated heterocycles. The second-order valence-electron chi connectivity index (χ2n) is 8.24. The number of benzene rings is 2. The molecule has 1 aliphatic carbocycles. The summed E-state index contributed by atoms with van der Waals surface area (Å²) < 4.78 is 14.9. The molecule has 0 radical (unpaired) electrons. The zero-order chi connectivity index (χ0) is 24.4. The number of hydrogen-bond acceptors (Lipinski definition) is 5. The molecule has 9 nitrogen and oxygen atoms in total. The van der Waals surface area contributed by atoms with Crippen molar-refractivity contribution in [3.63, 3.8) is 0 Å². The first-order chi connectivity index (χ1) is 17.0.